The summed E-state index contributed by atoms with van der Waals surface area (Å²) in [5.74, 6) is -1.58. The lowest BCUT2D eigenvalue weighted by Crippen LogP contribution is -2.55. The lowest BCUT2D eigenvalue weighted by Gasteiger charge is -2.41. The van der Waals surface area contributed by atoms with Crippen molar-refractivity contribution in [3.05, 3.63) is 33.4 Å². The molecular formula is C17H20F3N3O4. The van der Waals surface area contributed by atoms with Crippen molar-refractivity contribution in [3.8, 4) is 5.75 Å². The number of ether oxygens (including phenoxy) is 1. The molecule has 1 aliphatic heterocycles. The summed E-state index contributed by atoms with van der Waals surface area (Å²) < 4.78 is 42.8. The van der Waals surface area contributed by atoms with Crippen molar-refractivity contribution in [1.82, 2.24) is 9.80 Å². The summed E-state index contributed by atoms with van der Waals surface area (Å²) in [6.45, 7) is 0.856. The minimum absolute atomic E-state index is 0.0469. The van der Waals surface area contributed by atoms with Crippen LogP contribution in [0.3, 0.4) is 0 Å². The highest BCUT2D eigenvalue weighted by Crippen LogP contribution is 2.35. The van der Waals surface area contributed by atoms with Crippen molar-refractivity contribution in [3.63, 3.8) is 0 Å². The number of carbonyl (C=O) groups excluding carboxylic acids is 1. The van der Waals surface area contributed by atoms with Crippen molar-refractivity contribution in [1.29, 1.82) is 0 Å². The number of halogens is 3. The van der Waals surface area contributed by atoms with E-state index in [2.05, 4.69) is 4.90 Å². The number of alkyl halides is 3. The van der Waals surface area contributed by atoms with Crippen LogP contribution >= 0.6 is 0 Å². The molecule has 27 heavy (non-hydrogen) atoms. The molecule has 7 nitrogen and oxygen atoms in total. The minimum Gasteiger partial charge on any atom is -0.490 e. The van der Waals surface area contributed by atoms with Gasteiger partial charge in [-0.05, 0) is 36.5 Å². The van der Waals surface area contributed by atoms with Crippen LogP contribution < -0.4 is 4.74 Å². The molecule has 1 aliphatic carbocycles. The van der Waals surface area contributed by atoms with Gasteiger partial charge in [-0.25, -0.2) is 0 Å². The number of nitro benzene ring substituents is 1. The van der Waals surface area contributed by atoms with Gasteiger partial charge in [0.1, 0.15) is 0 Å². The van der Waals surface area contributed by atoms with E-state index in [9.17, 15) is 28.1 Å². The second-order valence-corrected chi connectivity index (χ2v) is 6.77. The summed E-state index contributed by atoms with van der Waals surface area (Å²) in [7, 11) is 1.38. The Kier molecular flexibility index (Phi) is 5.27. The lowest BCUT2D eigenvalue weighted by atomic mass is 9.86. The van der Waals surface area contributed by atoms with Crippen LogP contribution in [0.2, 0.25) is 0 Å². The fourth-order valence-electron chi connectivity index (χ4n) is 3.84. The molecule has 0 saturated carbocycles. The highest BCUT2D eigenvalue weighted by molar-refractivity contribution is 5.81. The van der Waals surface area contributed by atoms with Crippen LogP contribution in [0.15, 0.2) is 12.1 Å². The third kappa shape index (κ3) is 4.00. The first-order chi connectivity index (χ1) is 12.7. The number of hydrogen-bond donors (Lipinski definition) is 0. The zero-order valence-electron chi connectivity index (χ0n) is 14.8. The number of piperazine rings is 1. The first-order valence-corrected chi connectivity index (χ1v) is 8.65. The van der Waals surface area contributed by atoms with Gasteiger partial charge in [-0.1, -0.05) is 0 Å². The second-order valence-electron chi connectivity index (χ2n) is 6.77. The summed E-state index contributed by atoms with van der Waals surface area (Å²) >= 11 is 0. The molecule has 1 amide bonds. The summed E-state index contributed by atoms with van der Waals surface area (Å²) in [4.78, 5) is 24.9. The second kappa shape index (κ2) is 7.34. The normalized spacial score (nSPS) is 20.9. The number of rotatable bonds is 3. The molecule has 1 atom stereocenters. The smallest absolute Gasteiger partial charge is 0.471 e. The van der Waals surface area contributed by atoms with Crippen molar-refractivity contribution in [2.45, 2.75) is 31.5 Å². The van der Waals surface area contributed by atoms with E-state index in [1.54, 1.807) is 12.1 Å². The van der Waals surface area contributed by atoms with Crippen LogP contribution in [-0.4, -0.2) is 66.1 Å². The molecule has 1 unspecified atom stereocenters. The summed E-state index contributed by atoms with van der Waals surface area (Å²) in [5, 5.41) is 11.1. The topological polar surface area (TPSA) is 75.9 Å². The highest BCUT2D eigenvalue weighted by Gasteiger charge is 2.43. The van der Waals surface area contributed by atoms with Gasteiger partial charge in [0.25, 0.3) is 0 Å². The highest BCUT2D eigenvalue weighted by atomic mass is 19.4. The molecule has 0 spiro atoms. The van der Waals surface area contributed by atoms with Gasteiger partial charge in [0.15, 0.2) is 5.75 Å². The summed E-state index contributed by atoms with van der Waals surface area (Å²) in [6.07, 6.45) is -2.76. The third-order valence-electron chi connectivity index (χ3n) is 5.26. The van der Waals surface area contributed by atoms with Crippen LogP contribution in [0.1, 0.15) is 17.5 Å². The zero-order chi connectivity index (χ0) is 19.8. The van der Waals surface area contributed by atoms with Gasteiger partial charge < -0.3 is 9.64 Å². The first-order valence-electron chi connectivity index (χ1n) is 8.65. The lowest BCUT2D eigenvalue weighted by molar-refractivity contribution is -0.385. The molecular weight excluding hydrogens is 367 g/mol. The Morgan fingerprint density at radius 3 is 2.44 bits per heavy atom. The maximum Gasteiger partial charge on any atom is 0.471 e. The number of hydrogen-bond acceptors (Lipinski definition) is 5. The predicted molar refractivity (Wildman–Crippen MR) is 89.7 cm³/mol. The Morgan fingerprint density at radius 1 is 1.22 bits per heavy atom. The van der Waals surface area contributed by atoms with Crippen LogP contribution in [0.4, 0.5) is 18.9 Å². The summed E-state index contributed by atoms with van der Waals surface area (Å²) in [6, 6.07) is 3.36. The van der Waals surface area contributed by atoms with Crippen LogP contribution in [0.25, 0.3) is 0 Å². The molecule has 2 aliphatic rings. The fourth-order valence-corrected chi connectivity index (χ4v) is 3.84. The van der Waals surface area contributed by atoms with Crippen LogP contribution in [0, 0.1) is 10.1 Å². The molecule has 0 bridgehead atoms. The number of aryl methyl sites for hydroxylation is 1. The third-order valence-corrected chi connectivity index (χ3v) is 5.26. The fraction of sp³-hybridized carbons (Fsp3) is 0.588. The molecule has 1 fully saturated rings. The van der Waals surface area contributed by atoms with E-state index in [4.69, 9.17) is 4.74 Å². The molecule has 10 heteroatoms. The number of carbonyl (C=O) groups is 1. The van der Waals surface area contributed by atoms with Gasteiger partial charge in [-0.2, -0.15) is 13.2 Å². The zero-order valence-corrected chi connectivity index (χ0v) is 14.8. The van der Waals surface area contributed by atoms with Crippen molar-refractivity contribution in [2.24, 2.45) is 0 Å². The van der Waals surface area contributed by atoms with Crippen LogP contribution in [0.5, 0.6) is 5.75 Å². The Hall–Kier alpha value is -2.36. The SMILES string of the molecule is COc1cc2c(cc1[N+](=O)[O-])CCC(N1CCN(C(=O)C(F)(F)F)CC1)C2. The van der Waals surface area contributed by atoms with Crippen molar-refractivity contribution >= 4 is 11.6 Å². The Balaban J connectivity index is 1.67. The number of nitro groups is 1. The summed E-state index contributed by atoms with van der Waals surface area (Å²) in [5.41, 5.74) is 1.81. The standard InChI is InChI=1S/C17H20F3N3O4/c1-27-15-10-12-8-13(3-2-11(12)9-14(15)23(25)26)21-4-6-22(7-5-21)16(24)17(18,19)20/h9-10,13H,2-8H2,1H3. The molecule has 3 rings (SSSR count). The van der Waals surface area contributed by atoms with Gasteiger partial charge in [-0.3, -0.25) is 19.8 Å². The number of amides is 1. The molecule has 0 N–H and O–H groups in total. The molecule has 1 heterocycles. The molecule has 0 aromatic heterocycles. The molecule has 0 radical (unpaired) electrons. The molecule has 1 saturated heterocycles. The largest absolute Gasteiger partial charge is 0.490 e. The van der Waals surface area contributed by atoms with Gasteiger partial charge in [0, 0.05) is 38.3 Å². The number of fused-ring (bicyclic) bond motifs is 1. The van der Waals surface area contributed by atoms with Gasteiger partial charge in [0.05, 0.1) is 12.0 Å². The van der Waals surface area contributed by atoms with E-state index < -0.39 is 17.0 Å². The number of methoxy groups -OCH3 is 1. The van der Waals surface area contributed by atoms with Gasteiger partial charge >= 0.3 is 17.8 Å². The maximum atomic E-state index is 12.5. The minimum atomic E-state index is -4.84. The van der Waals surface area contributed by atoms with Crippen LogP contribution in [-0.2, 0) is 17.6 Å². The van der Waals surface area contributed by atoms with Crippen molar-refractivity contribution in [2.75, 3.05) is 33.3 Å². The molecule has 1 aromatic rings. The Labute approximate surface area is 153 Å². The van der Waals surface area contributed by atoms with E-state index >= 15 is 0 Å². The van der Waals surface area contributed by atoms with E-state index in [0.29, 0.717) is 25.9 Å². The number of benzene rings is 1. The Bertz CT molecular complexity index is 746. The molecule has 1 aromatic carbocycles. The monoisotopic (exact) mass is 387 g/mol. The first kappa shape index (κ1) is 19.4. The average molecular weight is 387 g/mol. The Morgan fingerprint density at radius 2 is 1.89 bits per heavy atom. The predicted octanol–water partition coefficient (Wildman–Crippen LogP) is 2.17. The van der Waals surface area contributed by atoms with E-state index in [-0.39, 0.29) is 30.6 Å². The van der Waals surface area contributed by atoms with E-state index in [0.717, 1.165) is 22.4 Å². The van der Waals surface area contributed by atoms with Gasteiger partial charge in [0.2, 0.25) is 0 Å². The van der Waals surface area contributed by atoms with E-state index in [1.165, 1.54) is 7.11 Å². The van der Waals surface area contributed by atoms with E-state index in [1.807, 2.05) is 0 Å². The average Bonchev–Trinajstić information content (AvgIpc) is 2.65. The van der Waals surface area contributed by atoms with Crippen molar-refractivity contribution < 1.29 is 27.6 Å². The van der Waals surface area contributed by atoms with Gasteiger partial charge in [-0.15, -0.1) is 0 Å². The quantitative estimate of drug-likeness (QED) is 0.587. The number of nitrogens with zero attached hydrogens (tertiary/aromatic N) is 3. The molecule has 148 valence electrons. The maximum absolute atomic E-state index is 12.5.